The molecule has 3 aromatic carbocycles. The molecular weight excluding hydrogens is 394 g/mol. The van der Waals surface area contributed by atoms with Crippen molar-refractivity contribution in [3.05, 3.63) is 95.6 Å². The van der Waals surface area contributed by atoms with E-state index in [4.69, 9.17) is 9.47 Å². The highest BCUT2D eigenvalue weighted by Crippen LogP contribution is 2.16. The van der Waals surface area contributed by atoms with Crippen LogP contribution < -0.4 is 27.2 Å². The second kappa shape index (κ2) is 12.9. The van der Waals surface area contributed by atoms with Crippen LogP contribution in [0.15, 0.2) is 78.9 Å². The zero-order chi connectivity index (χ0) is 20.3. The van der Waals surface area contributed by atoms with E-state index in [0.29, 0.717) is 12.6 Å². The van der Waals surface area contributed by atoms with Gasteiger partial charge in [-0.05, 0) is 54.3 Å². The van der Waals surface area contributed by atoms with Crippen molar-refractivity contribution in [3.63, 3.8) is 0 Å². The zero-order valence-electron chi connectivity index (χ0n) is 17.9. The Morgan fingerprint density at radius 2 is 1.53 bits per heavy atom. The molecule has 3 aromatic rings. The maximum absolute atomic E-state index is 5.94. The number of benzene rings is 3. The number of quaternary nitrogens is 1. The summed E-state index contributed by atoms with van der Waals surface area (Å²) < 4.78 is 11.2. The van der Waals surface area contributed by atoms with E-state index < -0.39 is 0 Å². The van der Waals surface area contributed by atoms with Crippen molar-refractivity contribution >= 4 is 0 Å². The lowest BCUT2D eigenvalue weighted by molar-refractivity contribution is -0.686. The summed E-state index contributed by atoms with van der Waals surface area (Å²) in [4.78, 5) is 0. The standard InChI is InChI=1S/C26H31NO2.ClH/c1-21(18-23-13-15-25(28-2)16-14-23)27-17-7-11-22-10-6-12-26(19-22)29-20-24-8-4-3-5-9-24;/h3-6,8-10,12-16,19,21,27H,7,11,17-18,20H2,1-2H3;1H. The molecule has 0 heterocycles. The highest BCUT2D eigenvalue weighted by Gasteiger charge is 2.07. The monoisotopic (exact) mass is 425 g/mol. The minimum absolute atomic E-state index is 0. The third-order valence-corrected chi connectivity index (χ3v) is 5.10. The molecule has 160 valence electrons. The number of methoxy groups -OCH3 is 1. The molecule has 0 aromatic heterocycles. The smallest absolute Gasteiger partial charge is 0.120 e. The van der Waals surface area contributed by atoms with Crippen LogP contribution in [0.1, 0.15) is 30.0 Å². The largest absolute Gasteiger partial charge is 1.00 e. The van der Waals surface area contributed by atoms with E-state index in [-0.39, 0.29) is 12.4 Å². The number of rotatable bonds is 11. The highest BCUT2D eigenvalue weighted by molar-refractivity contribution is 5.29. The third kappa shape index (κ3) is 8.10. The predicted octanol–water partition coefficient (Wildman–Crippen LogP) is 1.41. The Labute approximate surface area is 186 Å². The molecule has 4 heteroatoms. The van der Waals surface area contributed by atoms with Crippen LogP contribution >= 0.6 is 0 Å². The van der Waals surface area contributed by atoms with Gasteiger partial charge in [0.1, 0.15) is 18.1 Å². The first kappa shape index (κ1) is 23.8. The lowest BCUT2D eigenvalue weighted by Gasteiger charge is -2.12. The fourth-order valence-corrected chi connectivity index (χ4v) is 3.46. The molecule has 0 saturated carbocycles. The van der Waals surface area contributed by atoms with E-state index in [1.54, 1.807) is 7.11 Å². The summed E-state index contributed by atoms with van der Waals surface area (Å²) in [7, 11) is 1.70. The Bertz CT molecular complexity index is 852. The van der Waals surface area contributed by atoms with Gasteiger partial charge in [0.2, 0.25) is 0 Å². The average molecular weight is 426 g/mol. The summed E-state index contributed by atoms with van der Waals surface area (Å²) in [5.41, 5.74) is 3.89. The molecular formula is C26H32ClNO2. The van der Waals surface area contributed by atoms with Gasteiger partial charge in [-0.2, -0.15) is 0 Å². The summed E-state index contributed by atoms with van der Waals surface area (Å²) in [6.07, 6.45) is 3.32. The molecule has 1 atom stereocenters. The third-order valence-electron chi connectivity index (χ3n) is 5.10. The van der Waals surface area contributed by atoms with E-state index in [9.17, 15) is 0 Å². The van der Waals surface area contributed by atoms with Crippen molar-refractivity contribution in [2.24, 2.45) is 0 Å². The Morgan fingerprint density at radius 3 is 2.27 bits per heavy atom. The minimum Gasteiger partial charge on any atom is -1.00 e. The van der Waals surface area contributed by atoms with Crippen molar-refractivity contribution in [1.82, 2.24) is 0 Å². The van der Waals surface area contributed by atoms with Crippen LogP contribution in [0.4, 0.5) is 0 Å². The molecule has 0 saturated heterocycles. The predicted molar refractivity (Wildman–Crippen MR) is 118 cm³/mol. The molecule has 0 aliphatic carbocycles. The summed E-state index contributed by atoms with van der Waals surface area (Å²) in [5.74, 6) is 1.86. The first-order chi connectivity index (χ1) is 14.2. The lowest BCUT2D eigenvalue weighted by atomic mass is 10.1. The van der Waals surface area contributed by atoms with E-state index in [1.165, 1.54) is 16.7 Å². The van der Waals surface area contributed by atoms with Crippen molar-refractivity contribution < 1.29 is 27.2 Å². The molecule has 0 aliphatic heterocycles. The van der Waals surface area contributed by atoms with E-state index in [2.05, 4.69) is 54.7 Å². The van der Waals surface area contributed by atoms with Crippen LogP contribution in [-0.4, -0.2) is 19.7 Å². The first-order valence-electron chi connectivity index (χ1n) is 10.4. The number of hydrogen-bond donors (Lipinski definition) is 1. The molecule has 3 nitrogen and oxygen atoms in total. The number of aryl methyl sites for hydroxylation is 1. The number of ether oxygens (including phenoxy) is 2. The zero-order valence-corrected chi connectivity index (χ0v) is 18.6. The van der Waals surface area contributed by atoms with E-state index >= 15 is 0 Å². The van der Waals surface area contributed by atoms with E-state index in [0.717, 1.165) is 37.3 Å². The Kier molecular flexibility index (Phi) is 10.3. The van der Waals surface area contributed by atoms with Crippen molar-refractivity contribution in [1.29, 1.82) is 0 Å². The van der Waals surface area contributed by atoms with E-state index in [1.807, 2.05) is 36.4 Å². The normalized spacial score (nSPS) is 11.4. The van der Waals surface area contributed by atoms with Crippen LogP contribution in [0.2, 0.25) is 0 Å². The molecule has 2 N–H and O–H groups in total. The van der Waals surface area contributed by atoms with Gasteiger partial charge in [0, 0.05) is 12.8 Å². The van der Waals surface area contributed by atoms with Crippen molar-refractivity contribution in [2.75, 3.05) is 13.7 Å². The Hall–Kier alpha value is -2.49. The van der Waals surface area contributed by atoms with Gasteiger partial charge in [0.25, 0.3) is 0 Å². The summed E-state index contributed by atoms with van der Waals surface area (Å²) >= 11 is 0. The average Bonchev–Trinajstić information content (AvgIpc) is 2.77. The van der Waals surface area contributed by atoms with Gasteiger partial charge in [0.05, 0.1) is 19.7 Å². The maximum Gasteiger partial charge on any atom is 0.120 e. The molecule has 0 fully saturated rings. The second-order valence-corrected chi connectivity index (χ2v) is 7.58. The van der Waals surface area contributed by atoms with Gasteiger partial charge < -0.3 is 27.2 Å². The maximum atomic E-state index is 5.94. The molecule has 0 aliphatic rings. The SMILES string of the molecule is COc1ccc(CC(C)[NH2+]CCCc2cccc(OCc3ccccc3)c2)cc1.[Cl-]. The summed E-state index contributed by atoms with van der Waals surface area (Å²) in [6, 6.07) is 27.7. The molecule has 0 bridgehead atoms. The molecule has 0 spiro atoms. The van der Waals surface area contributed by atoms with Crippen LogP contribution in [0.3, 0.4) is 0 Å². The van der Waals surface area contributed by atoms with Crippen LogP contribution in [-0.2, 0) is 19.4 Å². The minimum atomic E-state index is 0. The molecule has 1 unspecified atom stereocenters. The number of halogens is 1. The highest BCUT2D eigenvalue weighted by atomic mass is 35.5. The Morgan fingerprint density at radius 1 is 0.800 bits per heavy atom. The summed E-state index contributed by atoms with van der Waals surface area (Å²) in [5, 5.41) is 2.44. The van der Waals surface area contributed by atoms with Gasteiger partial charge in [-0.25, -0.2) is 0 Å². The quantitative estimate of drug-likeness (QED) is 0.471. The lowest BCUT2D eigenvalue weighted by Crippen LogP contribution is -3.00. The van der Waals surface area contributed by atoms with Gasteiger partial charge in [0.15, 0.2) is 0 Å². The van der Waals surface area contributed by atoms with Gasteiger partial charge in [-0.1, -0.05) is 54.6 Å². The molecule has 30 heavy (non-hydrogen) atoms. The topological polar surface area (TPSA) is 35.1 Å². The van der Waals surface area contributed by atoms with Gasteiger partial charge in [-0.15, -0.1) is 0 Å². The van der Waals surface area contributed by atoms with Gasteiger partial charge in [-0.3, -0.25) is 0 Å². The fourth-order valence-electron chi connectivity index (χ4n) is 3.46. The van der Waals surface area contributed by atoms with Crippen LogP contribution in [0, 0.1) is 0 Å². The van der Waals surface area contributed by atoms with Gasteiger partial charge >= 0.3 is 0 Å². The molecule has 3 rings (SSSR count). The Balaban J connectivity index is 0.00000320. The second-order valence-electron chi connectivity index (χ2n) is 7.58. The molecule has 0 radical (unpaired) electrons. The van der Waals surface area contributed by atoms with Crippen LogP contribution in [0.25, 0.3) is 0 Å². The van der Waals surface area contributed by atoms with Crippen molar-refractivity contribution in [2.45, 2.75) is 38.8 Å². The number of hydrogen-bond acceptors (Lipinski definition) is 2. The molecule has 0 amide bonds. The summed E-state index contributed by atoms with van der Waals surface area (Å²) in [6.45, 7) is 4.04. The first-order valence-corrected chi connectivity index (χ1v) is 10.4. The fraction of sp³-hybridized carbons (Fsp3) is 0.308. The van der Waals surface area contributed by atoms with Crippen molar-refractivity contribution in [3.8, 4) is 11.5 Å². The van der Waals surface area contributed by atoms with Crippen LogP contribution in [0.5, 0.6) is 11.5 Å². The number of nitrogens with two attached hydrogens (primary N) is 1.